The largest absolute Gasteiger partial charge is 0.334 e. The molecule has 31 heavy (non-hydrogen) atoms. The Morgan fingerprint density at radius 3 is 2.45 bits per heavy atom. The minimum Gasteiger partial charge on any atom is -0.334 e. The smallest absolute Gasteiger partial charge is 0.332 e. The molecule has 8 heteroatoms. The summed E-state index contributed by atoms with van der Waals surface area (Å²) in [6, 6.07) is 14.5. The first-order chi connectivity index (χ1) is 15.0. The minimum absolute atomic E-state index is 0.308. The maximum absolute atomic E-state index is 13.2. The van der Waals surface area contributed by atoms with Crippen LogP contribution >= 0.6 is 0 Å². The Bertz CT molecular complexity index is 1400. The van der Waals surface area contributed by atoms with Crippen molar-refractivity contribution in [3.8, 4) is 0 Å². The molecule has 0 spiro atoms. The van der Waals surface area contributed by atoms with Gasteiger partial charge in [0, 0.05) is 14.1 Å². The van der Waals surface area contributed by atoms with Crippen molar-refractivity contribution in [1.82, 2.24) is 18.7 Å². The van der Waals surface area contributed by atoms with Gasteiger partial charge in [-0.25, -0.2) is 4.79 Å². The van der Waals surface area contributed by atoms with Crippen molar-refractivity contribution in [2.75, 3.05) is 38.1 Å². The van der Waals surface area contributed by atoms with Crippen LogP contribution in [0, 0.1) is 0 Å². The van der Waals surface area contributed by atoms with Gasteiger partial charge in [0.1, 0.15) is 0 Å². The van der Waals surface area contributed by atoms with E-state index in [1.165, 1.54) is 21.1 Å². The van der Waals surface area contributed by atoms with Gasteiger partial charge in [0.05, 0.1) is 39.8 Å². The summed E-state index contributed by atoms with van der Waals surface area (Å²) < 4.78 is 4.64. The van der Waals surface area contributed by atoms with Crippen molar-refractivity contribution in [1.29, 1.82) is 0 Å². The number of hydrogen-bond donors (Lipinski definition) is 1. The maximum atomic E-state index is 13.2. The zero-order chi connectivity index (χ0) is 21.7. The molecule has 0 atom stereocenters. The standard InChI is InChI=1S/C23H26N6O2/c1-25-11-13-28(14-12-25)22-24-20-19(21(30)27(3)23(31)26(20)2)29(22)15-17-9-6-8-16-7-4-5-10-18(16)17/h4-10H,11-15H2,1-3H3/p+1. The summed E-state index contributed by atoms with van der Waals surface area (Å²) in [5, 5.41) is 2.32. The van der Waals surface area contributed by atoms with Gasteiger partial charge in [-0.15, -0.1) is 0 Å². The first-order valence-corrected chi connectivity index (χ1v) is 10.6. The van der Waals surface area contributed by atoms with E-state index in [4.69, 9.17) is 4.98 Å². The van der Waals surface area contributed by atoms with E-state index in [1.54, 1.807) is 7.05 Å². The quantitative estimate of drug-likeness (QED) is 0.506. The molecule has 0 aliphatic carbocycles. The van der Waals surface area contributed by atoms with Crippen LogP contribution in [0.15, 0.2) is 52.1 Å². The third-order valence-electron chi connectivity index (χ3n) is 6.44. The zero-order valence-corrected chi connectivity index (χ0v) is 18.1. The minimum atomic E-state index is -0.360. The number of aryl methyl sites for hydroxylation is 1. The van der Waals surface area contributed by atoms with Crippen molar-refractivity contribution < 1.29 is 4.90 Å². The number of nitrogens with zero attached hydrogens (tertiary/aromatic N) is 5. The van der Waals surface area contributed by atoms with Crippen molar-refractivity contribution in [3.05, 3.63) is 68.9 Å². The molecule has 0 saturated carbocycles. The molecule has 1 saturated heterocycles. The average Bonchev–Trinajstić information content (AvgIpc) is 3.16. The zero-order valence-electron chi connectivity index (χ0n) is 18.1. The second kappa shape index (κ2) is 7.39. The van der Waals surface area contributed by atoms with Crippen molar-refractivity contribution in [3.63, 3.8) is 0 Å². The summed E-state index contributed by atoms with van der Waals surface area (Å²) in [7, 11) is 5.39. The van der Waals surface area contributed by atoms with Gasteiger partial charge in [-0.3, -0.25) is 18.5 Å². The topological polar surface area (TPSA) is 69.5 Å². The molecule has 1 aliphatic rings. The number of aromatic nitrogens is 4. The van der Waals surface area contributed by atoms with Gasteiger partial charge in [0.2, 0.25) is 5.95 Å². The van der Waals surface area contributed by atoms with Crippen LogP contribution in [-0.4, -0.2) is 51.9 Å². The van der Waals surface area contributed by atoms with E-state index >= 15 is 0 Å². The first kappa shape index (κ1) is 19.6. The molecule has 2 aromatic heterocycles. The van der Waals surface area contributed by atoms with Gasteiger partial charge in [0.25, 0.3) is 5.56 Å². The van der Waals surface area contributed by atoms with Crippen LogP contribution in [-0.2, 0) is 20.6 Å². The van der Waals surface area contributed by atoms with Crippen LogP contribution in [0.4, 0.5) is 5.95 Å². The second-order valence-electron chi connectivity index (χ2n) is 8.46. The van der Waals surface area contributed by atoms with E-state index in [1.807, 2.05) is 22.8 Å². The Balaban J connectivity index is 1.76. The molecule has 8 nitrogen and oxygen atoms in total. The Labute approximate surface area is 179 Å². The van der Waals surface area contributed by atoms with E-state index in [0.29, 0.717) is 17.7 Å². The van der Waals surface area contributed by atoms with E-state index in [0.717, 1.165) is 48.5 Å². The van der Waals surface area contributed by atoms with Crippen LogP contribution in [0.25, 0.3) is 21.9 Å². The number of hydrogen-bond acceptors (Lipinski definition) is 4. The highest BCUT2D eigenvalue weighted by molar-refractivity contribution is 5.86. The van der Waals surface area contributed by atoms with Gasteiger partial charge >= 0.3 is 5.69 Å². The van der Waals surface area contributed by atoms with Crippen LogP contribution in [0.3, 0.4) is 0 Å². The lowest BCUT2D eigenvalue weighted by Crippen LogP contribution is -3.12. The Kier molecular flexibility index (Phi) is 4.66. The highest BCUT2D eigenvalue weighted by Crippen LogP contribution is 2.25. The highest BCUT2D eigenvalue weighted by Gasteiger charge is 2.26. The maximum Gasteiger partial charge on any atom is 0.332 e. The summed E-state index contributed by atoms with van der Waals surface area (Å²) in [4.78, 5) is 34.3. The lowest BCUT2D eigenvalue weighted by Gasteiger charge is -2.31. The first-order valence-electron chi connectivity index (χ1n) is 10.6. The Hall–Kier alpha value is -3.39. The predicted molar refractivity (Wildman–Crippen MR) is 122 cm³/mol. The molecule has 4 aromatic rings. The number of benzene rings is 2. The molecule has 0 amide bonds. The predicted octanol–water partition coefficient (Wildman–Crippen LogP) is -0.0301. The molecule has 1 N–H and O–H groups in total. The lowest BCUT2D eigenvalue weighted by atomic mass is 10.0. The number of rotatable bonds is 3. The molecular formula is C23H27N6O2+. The number of imidazole rings is 1. The fourth-order valence-electron chi connectivity index (χ4n) is 4.52. The monoisotopic (exact) mass is 419 g/mol. The summed E-state index contributed by atoms with van der Waals surface area (Å²) in [6.07, 6.45) is 0. The average molecular weight is 420 g/mol. The highest BCUT2D eigenvalue weighted by atomic mass is 16.2. The SMILES string of the molecule is Cn1c(=O)c2c(nc(N3CC[NH+](C)CC3)n2Cc2cccc3ccccc23)n(C)c1=O. The van der Waals surface area contributed by atoms with Crippen LogP contribution < -0.4 is 21.0 Å². The third kappa shape index (κ3) is 3.14. The summed E-state index contributed by atoms with van der Waals surface area (Å²) in [5.41, 5.74) is 1.36. The fourth-order valence-corrected chi connectivity index (χ4v) is 4.52. The van der Waals surface area contributed by atoms with E-state index in [9.17, 15) is 9.59 Å². The molecule has 2 aromatic carbocycles. The number of anilines is 1. The Morgan fingerprint density at radius 1 is 0.968 bits per heavy atom. The summed E-state index contributed by atoms with van der Waals surface area (Å²) in [5.74, 6) is 0.758. The number of nitrogens with one attached hydrogen (secondary N) is 1. The summed E-state index contributed by atoms with van der Waals surface area (Å²) in [6.45, 7) is 4.25. The molecule has 3 heterocycles. The third-order valence-corrected chi connectivity index (χ3v) is 6.44. The molecule has 5 rings (SSSR count). The Morgan fingerprint density at radius 2 is 1.68 bits per heavy atom. The van der Waals surface area contributed by atoms with Crippen LogP contribution in [0.2, 0.25) is 0 Å². The van der Waals surface area contributed by atoms with Gasteiger partial charge in [-0.05, 0) is 16.3 Å². The lowest BCUT2D eigenvalue weighted by molar-refractivity contribution is -0.880. The molecule has 0 bridgehead atoms. The van der Waals surface area contributed by atoms with Gasteiger partial charge < -0.3 is 9.80 Å². The van der Waals surface area contributed by atoms with Crippen LogP contribution in [0.1, 0.15) is 5.56 Å². The number of likely N-dealkylation sites (N-methyl/N-ethyl adjacent to an activating group) is 1. The molecular weight excluding hydrogens is 392 g/mol. The van der Waals surface area contributed by atoms with Crippen molar-refractivity contribution in [2.24, 2.45) is 14.1 Å². The molecule has 0 unspecified atom stereocenters. The molecule has 0 radical (unpaired) electrons. The van der Waals surface area contributed by atoms with Gasteiger partial charge in [-0.1, -0.05) is 42.5 Å². The molecule has 1 aliphatic heterocycles. The van der Waals surface area contributed by atoms with Crippen molar-refractivity contribution >= 4 is 27.9 Å². The molecule has 160 valence electrons. The number of quaternary nitrogens is 1. The fraction of sp³-hybridized carbons (Fsp3) is 0.348. The van der Waals surface area contributed by atoms with Gasteiger partial charge in [-0.2, -0.15) is 4.98 Å². The normalized spacial score (nSPS) is 15.3. The van der Waals surface area contributed by atoms with E-state index in [2.05, 4.69) is 36.2 Å². The van der Waals surface area contributed by atoms with Gasteiger partial charge in [0.15, 0.2) is 11.2 Å². The summed E-state index contributed by atoms with van der Waals surface area (Å²) >= 11 is 0. The number of fused-ring (bicyclic) bond motifs is 2. The van der Waals surface area contributed by atoms with E-state index < -0.39 is 0 Å². The van der Waals surface area contributed by atoms with Crippen LogP contribution in [0.5, 0.6) is 0 Å². The van der Waals surface area contributed by atoms with Crippen molar-refractivity contribution in [2.45, 2.75) is 6.54 Å². The number of piperazine rings is 1. The molecule has 1 fully saturated rings. The second-order valence-corrected chi connectivity index (χ2v) is 8.46. The van der Waals surface area contributed by atoms with E-state index in [-0.39, 0.29) is 11.2 Å².